The Hall–Kier alpha value is -2.99. The summed E-state index contributed by atoms with van der Waals surface area (Å²) in [5.74, 6) is -0.914. The molecule has 0 aromatic heterocycles. The van der Waals surface area contributed by atoms with Crippen molar-refractivity contribution in [3.63, 3.8) is 0 Å². The van der Waals surface area contributed by atoms with E-state index in [2.05, 4.69) is 0 Å². The highest BCUT2D eigenvalue weighted by atomic mass is 35.5. The van der Waals surface area contributed by atoms with Gasteiger partial charge in [-0.2, -0.15) is 0 Å². The fourth-order valence-corrected chi connectivity index (χ4v) is 2.92. The molecule has 3 rings (SSSR count). The van der Waals surface area contributed by atoms with Crippen LogP contribution in [0.3, 0.4) is 0 Å². The van der Waals surface area contributed by atoms with Crippen molar-refractivity contribution in [3.05, 3.63) is 69.8 Å². The minimum atomic E-state index is -0.516. The molecule has 2 aromatic rings. The van der Waals surface area contributed by atoms with Crippen LogP contribution >= 0.6 is 11.6 Å². The van der Waals surface area contributed by atoms with E-state index >= 15 is 0 Å². The van der Waals surface area contributed by atoms with Crippen molar-refractivity contribution < 1.29 is 14.5 Å². The van der Waals surface area contributed by atoms with Crippen molar-refractivity contribution >= 4 is 45.4 Å². The summed E-state index contributed by atoms with van der Waals surface area (Å²) in [6, 6.07) is 12.4. The van der Waals surface area contributed by atoms with E-state index in [0.717, 1.165) is 4.90 Å². The molecule has 1 aliphatic heterocycles. The third-order valence-electron chi connectivity index (χ3n) is 3.70. The topological polar surface area (TPSA) is 80.5 Å². The number of halogens is 1. The van der Waals surface area contributed by atoms with Gasteiger partial charge < -0.3 is 0 Å². The van der Waals surface area contributed by atoms with E-state index in [1.54, 1.807) is 24.3 Å². The van der Waals surface area contributed by atoms with Gasteiger partial charge in [0.25, 0.3) is 11.6 Å². The third-order valence-corrected chi connectivity index (χ3v) is 4.10. The lowest BCUT2D eigenvalue weighted by Crippen LogP contribution is -2.31. The molecule has 0 N–H and O–H groups in total. The standard InChI is InChI=1S/C17H11ClN2O4/c1-10(21)19-14-5-3-2-4-13(14)15(17(19)22)16(18)11-6-8-12(9-7-11)20(23)24/h2-9H,1H3. The molecule has 0 bridgehead atoms. The molecule has 2 aromatic carbocycles. The van der Waals surface area contributed by atoms with E-state index in [1.807, 2.05) is 0 Å². The number of hydrogen-bond donors (Lipinski definition) is 0. The highest BCUT2D eigenvalue weighted by Gasteiger charge is 2.36. The lowest BCUT2D eigenvalue weighted by atomic mass is 10.0. The number of amides is 2. The Balaban J connectivity index is 2.16. The zero-order chi connectivity index (χ0) is 17.4. The van der Waals surface area contributed by atoms with E-state index in [4.69, 9.17) is 11.6 Å². The SMILES string of the molecule is CC(=O)N1C(=O)C(=C(Cl)c2ccc([N+](=O)[O-])cc2)c2ccccc21. The lowest BCUT2D eigenvalue weighted by Gasteiger charge is -2.11. The number of nitro benzene ring substituents is 1. The summed E-state index contributed by atoms with van der Waals surface area (Å²) in [5, 5.41) is 10.9. The van der Waals surface area contributed by atoms with Gasteiger partial charge in [0.1, 0.15) is 0 Å². The summed E-state index contributed by atoms with van der Waals surface area (Å²) >= 11 is 6.39. The number of non-ortho nitro benzene ring substituents is 1. The van der Waals surface area contributed by atoms with Crippen LogP contribution in [0.15, 0.2) is 48.5 Å². The fraction of sp³-hybridized carbons (Fsp3) is 0.0588. The molecule has 0 spiro atoms. The van der Waals surface area contributed by atoms with E-state index in [-0.39, 0.29) is 16.3 Å². The van der Waals surface area contributed by atoms with Gasteiger partial charge in [0, 0.05) is 24.6 Å². The first-order valence-corrected chi connectivity index (χ1v) is 7.38. The first-order chi connectivity index (χ1) is 11.4. The molecule has 0 saturated heterocycles. The minimum Gasteiger partial charge on any atom is -0.274 e. The number of hydrogen-bond acceptors (Lipinski definition) is 4. The van der Waals surface area contributed by atoms with Crippen molar-refractivity contribution in [3.8, 4) is 0 Å². The normalized spacial score (nSPS) is 15.2. The summed E-state index contributed by atoms with van der Waals surface area (Å²) in [6.45, 7) is 1.30. The zero-order valence-electron chi connectivity index (χ0n) is 12.5. The number of nitro groups is 1. The van der Waals surface area contributed by atoms with Gasteiger partial charge in [-0.05, 0) is 23.8 Å². The number of fused-ring (bicyclic) bond motifs is 1. The number of rotatable bonds is 2. The Labute approximate surface area is 142 Å². The first-order valence-electron chi connectivity index (χ1n) is 7.01. The number of nitrogens with zero attached hydrogens (tertiary/aromatic N) is 2. The monoisotopic (exact) mass is 342 g/mol. The van der Waals surface area contributed by atoms with E-state index in [9.17, 15) is 19.7 Å². The summed E-state index contributed by atoms with van der Waals surface area (Å²) in [4.78, 5) is 35.7. The Morgan fingerprint density at radius 3 is 2.33 bits per heavy atom. The second-order valence-electron chi connectivity index (χ2n) is 5.17. The second kappa shape index (κ2) is 5.90. The second-order valence-corrected chi connectivity index (χ2v) is 5.55. The molecular weight excluding hydrogens is 332 g/mol. The van der Waals surface area contributed by atoms with Gasteiger partial charge in [0.15, 0.2) is 0 Å². The lowest BCUT2D eigenvalue weighted by molar-refractivity contribution is -0.384. The molecule has 1 aliphatic rings. The molecule has 0 saturated carbocycles. The van der Waals surface area contributed by atoms with Crippen molar-refractivity contribution in [1.82, 2.24) is 0 Å². The van der Waals surface area contributed by atoms with Crippen LogP contribution in [0.25, 0.3) is 10.6 Å². The molecule has 7 heteroatoms. The maximum absolute atomic E-state index is 12.6. The molecule has 0 fully saturated rings. The maximum Gasteiger partial charge on any atom is 0.269 e. The van der Waals surface area contributed by atoms with Crippen molar-refractivity contribution in [2.24, 2.45) is 0 Å². The van der Waals surface area contributed by atoms with E-state index in [0.29, 0.717) is 16.8 Å². The number of imide groups is 1. The summed E-state index contributed by atoms with van der Waals surface area (Å²) < 4.78 is 0. The average Bonchev–Trinajstić information content (AvgIpc) is 2.86. The van der Waals surface area contributed by atoms with Gasteiger partial charge in [0.05, 0.1) is 21.2 Å². The number of para-hydroxylation sites is 1. The first kappa shape index (κ1) is 15.9. The summed E-state index contributed by atoms with van der Waals surface area (Å²) in [7, 11) is 0. The smallest absolute Gasteiger partial charge is 0.269 e. The minimum absolute atomic E-state index is 0.0725. The molecule has 0 atom stereocenters. The van der Waals surface area contributed by atoms with Crippen LogP contribution in [-0.4, -0.2) is 16.7 Å². The number of benzene rings is 2. The van der Waals surface area contributed by atoms with Crippen LogP contribution < -0.4 is 4.90 Å². The maximum atomic E-state index is 12.6. The van der Waals surface area contributed by atoms with Gasteiger partial charge in [-0.1, -0.05) is 29.8 Å². The van der Waals surface area contributed by atoms with E-state index < -0.39 is 16.7 Å². The predicted octanol–water partition coefficient (Wildman–Crippen LogP) is 3.60. The molecule has 0 aliphatic carbocycles. The zero-order valence-corrected chi connectivity index (χ0v) is 13.3. The van der Waals surface area contributed by atoms with Gasteiger partial charge in [-0.15, -0.1) is 0 Å². The summed E-state index contributed by atoms with van der Waals surface area (Å²) in [6.07, 6.45) is 0. The quantitative estimate of drug-likeness (QED) is 0.474. The van der Waals surface area contributed by atoms with Gasteiger partial charge in [-0.3, -0.25) is 19.7 Å². The molecule has 6 nitrogen and oxygen atoms in total. The van der Waals surface area contributed by atoms with Crippen LogP contribution in [0.5, 0.6) is 0 Å². The average molecular weight is 343 g/mol. The largest absolute Gasteiger partial charge is 0.274 e. The molecule has 1 heterocycles. The fourth-order valence-electron chi connectivity index (χ4n) is 2.61. The highest BCUT2D eigenvalue weighted by Crippen LogP contribution is 2.42. The Kier molecular flexibility index (Phi) is 3.91. The molecule has 0 unspecified atom stereocenters. The van der Waals surface area contributed by atoms with Crippen LogP contribution in [0.4, 0.5) is 11.4 Å². The molecule has 24 heavy (non-hydrogen) atoms. The van der Waals surface area contributed by atoms with Crippen LogP contribution in [0.1, 0.15) is 18.1 Å². The molecule has 0 radical (unpaired) electrons. The van der Waals surface area contributed by atoms with Crippen LogP contribution in [-0.2, 0) is 9.59 Å². The summed E-state index contributed by atoms with van der Waals surface area (Å²) in [5.41, 5.74) is 1.63. The molecule has 120 valence electrons. The van der Waals surface area contributed by atoms with Crippen molar-refractivity contribution in [2.75, 3.05) is 4.90 Å². The van der Waals surface area contributed by atoms with Crippen LogP contribution in [0.2, 0.25) is 0 Å². The van der Waals surface area contributed by atoms with Crippen molar-refractivity contribution in [2.45, 2.75) is 6.92 Å². The third kappa shape index (κ3) is 2.47. The van der Waals surface area contributed by atoms with Gasteiger partial charge >= 0.3 is 0 Å². The van der Waals surface area contributed by atoms with Gasteiger partial charge in [-0.25, -0.2) is 4.90 Å². The number of carbonyl (C=O) groups excluding carboxylic acids is 2. The molecule has 2 amide bonds. The Morgan fingerprint density at radius 2 is 1.75 bits per heavy atom. The van der Waals surface area contributed by atoms with E-state index in [1.165, 1.54) is 31.2 Å². The van der Waals surface area contributed by atoms with Crippen molar-refractivity contribution in [1.29, 1.82) is 0 Å². The van der Waals surface area contributed by atoms with Crippen LogP contribution in [0, 0.1) is 10.1 Å². The number of anilines is 1. The Bertz CT molecular complexity index is 903. The highest BCUT2D eigenvalue weighted by molar-refractivity contribution is 6.60. The number of carbonyl (C=O) groups is 2. The van der Waals surface area contributed by atoms with Gasteiger partial charge in [0.2, 0.25) is 5.91 Å². The molecular formula is C17H11ClN2O4. The Morgan fingerprint density at radius 1 is 1.12 bits per heavy atom. The predicted molar refractivity (Wildman–Crippen MR) is 90.4 cm³/mol.